The summed E-state index contributed by atoms with van der Waals surface area (Å²) in [4.78, 5) is 19.0. The van der Waals surface area contributed by atoms with Crippen molar-refractivity contribution in [1.82, 2.24) is 0 Å². The molecule has 0 atom stereocenters. The molecule has 0 amide bonds. The number of carboxylic acids is 2. The summed E-state index contributed by atoms with van der Waals surface area (Å²) in [5, 5.41) is 19.0. The zero-order chi connectivity index (χ0) is 10.3. The molecule has 0 aliphatic rings. The second kappa shape index (κ2) is 9.39. The van der Waals surface area contributed by atoms with Crippen LogP contribution in [0.5, 0.6) is 0 Å². The molecule has 4 nitrogen and oxygen atoms in total. The van der Waals surface area contributed by atoms with Crippen LogP contribution in [0, 0.1) is 0 Å². The van der Waals surface area contributed by atoms with Gasteiger partial charge < -0.3 is 19.8 Å². The van der Waals surface area contributed by atoms with Gasteiger partial charge in [0.2, 0.25) is 0 Å². The van der Waals surface area contributed by atoms with Crippen LogP contribution >= 0.6 is 0 Å². The fourth-order valence-electron chi connectivity index (χ4n) is 0. The van der Waals surface area contributed by atoms with Crippen LogP contribution in [0.4, 0.5) is 0 Å². The molecule has 0 bridgehead atoms. The van der Waals surface area contributed by atoms with E-state index < -0.39 is 11.9 Å². The van der Waals surface area contributed by atoms with Gasteiger partial charge in [-0.25, -0.2) is 0 Å². The summed E-state index contributed by atoms with van der Waals surface area (Å²) in [6, 6.07) is 0. The Hall–Kier alpha value is -0.697. The number of carbonyl (C=O) groups excluding carboxylic acids is 2. The fraction of sp³-hybridized carbons (Fsp3) is 0.250. The molecule has 0 heterocycles. The Bertz CT molecular complexity index is 172. The van der Waals surface area contributed by atoms with E-state index in [-0.39, 0.29) is 37.3 Å². The van der Waals surface area contributed by atoms with Gasteiger partial charge in [0.25, 0.3) is 0 Å². The van der Waals surface area contributed by atoms with E-state index in [2.05, 4.69) is 13.2 Å². The Kier molecular flexibility index (Phi) is 13.1. The van der Waals surface area contributed by atoms with Crippen molar-refractivity contribution in [2.75, 3.05) is 0 Å². The third-order valence-corrected chi connectivity index (χ3v) is 0.697. The first-order valence-electron chi connectivity index (χ1n) is 3.02. The van der Waals surface area contributed by atoms with Crippen molar-refractivity contribution in [2.45, 2.75) is 13.8 Å². The van der Waals surface area contributed by atoms with E-state index in [9.17, 15) is 19.8 Å². The van der Waals surface area contributed by atoms with Gasteiger partial charge >= 0.3 is 26.2 Å². The zero-order valence-electron chi connectivity index (χ0n) is 7.55. The summed E-state index contributed by atoms with van der Waals surface area (Å²) < 4.78 is 0. The van der Waals surface area contributed by atoms with Crippen LogP contribution in [-0.4, -0.2) is 11.9 Å². The van der Waals surface area contributed by atoms with Gasteiger partial charge in [-0.1, -0.05) is 13.2 Å². The SMILES string of the molecule is C=C(C)C(=O)[O-].C=C(C)C(=O)[O-].[Zr+4]. The minimum Gasteiger partial charge on any atom is -0.545 e. The minimum atomic E-state index is -1.19. The van der Waals surface area contributed by atoms with Gasteiger partial charge in [-0.15, -0.1) is 0 Å². The largest absolute Gasteiger partial charge is 4.00 e. The summed E-state index contributed by atoms with van der Waals surface area (Å²) in [6.45, 7) is 8.95. The number of carboxylic acid groups (broad SMARTS) is 2. The Morgan fingerprint density at radius 2 is 1.00 bits per heavy atom. The third kappa shape index (κ3) is 18.3. The van der Waals surface area contributed by atoms with Crippen LogP contribution < -0.4 is 10.2 Å². The molecule has 0 saturated heterocycles. The molecule has 0 aromatic heterocycles. The molecule has 0 saturated carbocycles. The minimum absolute atomic E-state index is 0. The van der Waals surface area contributed by atoms with E-state index in [1.54, 1.807) is 0 Å². The molecule has 0 aromatic rings. The Labute approximate surface area is 96.1 Å². The molecule has 68 valence electrons. The van der Waals surface area contributed by atoms with E-state index in [0.717, 1.165) is 0 Å². The molecular weight excluding hydrogens is 251 g/mol. The molecule has 0 N–H and O–H groups in total. The number of carbonyl (C=O) groups is 2. The fourth-order valence-corrected chi connectivity index (χ4v) is 0. The van der Waals surface area contributed by atoms with Crippen LogP contribution in [-0.2, 0) is 35.8 Å². The van der Waals surface area contributed by atoms with E-state index in [4.69, 9.17) is 0 Å². The molecule has 0 aliphatic heterocycles. The first-order valence-corrected chi connectivity index (χ1v) is 3.02. The normalized spacial score (nSPS) is 6.92. The molecule has 0 spiro atoms. The van der Waals surface area contributed by atoms with E-state index >= 15 is 0 Å². The topological polar surface area (TPSA) is 80.3 Å². The maximum Gasteiger partial charge on any atom is 4.00 e. The number of hydrogen-bond donors (Lipinski definition) is 0. The average molecular weight is 261 g/mol. The van der Waals surface area contributed by atoms with Crippen molar-refractivity contribution in [2.24, 2.45) is 0 Å². The third-order valence-electron chi connectivity index (χ3n) is 0.697. The first-order chi connectivity index (χ1) is 5.29. The van der Waals surface area contributed by atoms with Gasteiger partial charge in [-0.2, -0.15) is 0 Å². The van der Waals surface area contributed by atoms with Crippen molar-refractivity contribution in [3.05, 3.63) is 24.3 Å². The molecule has 0 aliphatic carbocycles. The quantitative estimate of drug-likeness (QED) is 0.574. The molecule has 0 fully saturated rings. The molecule has 0 unspecified atom stereocenters. The van der Waals surface area contributed by atoms with Gasteiger partial charge in [0.1, 0.15) is 0 Å². The van der Waals surface area contributed by atoms with E-state index in [0.29, 0.717) is 0 Å². The predicted molar refractivity (Wildman–Crippen MR) is 39.6 cm³/mol. The maximum atomic E-state index is 9.49. The van der Waals surface area contributed by atoms with Crippen molar-refractivity contribution >= 4 is 11.9 Å². The van der Waals surface area contributed by atoms with Gasteiger partial charge in [-0.3, -0.25) is 0 Å². The predicted octanol–water partition coefficient (Wildman–Crippen LogP) is -1.38. The van der Waals surface area contributed by atoms with Crippen LogP contribution in [0.25, 0.3) is 0 Å². The molecule has 0 radical (unpaired) electrons. The van der Waals surface area contributed by atoms with Crippen molar-refractivity contribution < 1.29 is 46.0 Å². The summed E-state index contributed by atoms with van der Waals surface area (Å²) in [5.41, 5.74) is 0.130. The number of rotatable bonds is 2. The van der Waals surface area contributed by atoms with Crippen LogP contribution in [0.1, 0.15) is 13.8 Å². The van der Waals surface area contributed by atoms with Gasteiger partial charge in [0.05, 0.1) is 11.9 Å². The molecule has 0 rings (SSSR count). The molecule has 13 heavy (non-hydrogen) atoms. The summed E-state index contributed by atoms with van der Waals surface area (Å²) >= 11 is 0. The van der Waals surface area contributed by atoms with Crippen LogP contribution in [0.15, 0.2) is 24.3 Å². The van der Waals surface area contributed by atoms with Crippen molar-refractivity contribution in [3.8, 4) is 0 Å². The van der Waals surface area contributed by atoms with Gasteiger partial charge in [-0.05, 0) is 25.0 Å². The maximum absolute atomic E-state index is 9.49. The standard InChI is InChI=1S/2C4H6O2.Zr/c2*1-3(2)4(5)6;/h2*1H2,2H3,(H,5,6);/q;;+4/p-2. The second-order valence-corrected chi connectivity index (χ2v) is 2.14. The van der Waals surface area contributed by atoms with Crippen molar-refractivity contribution in [3.63, 3.8) is 0 Å². The first kappa shape index (κ1) is 18.2. The summed E-state index contributed by atoms with van der Waals surface area (Å²) in [6.07, 6.45) is 0. The smallest absolute Gasteiger partial charge is 0.545 e. The Balaban J connectivity index is -0.000000143. The van der Waals surface area contributed by atoms with Gasteiger partial charge in [0.15, 0.2) is 0 Å². The number of hydrogen-bond acceptors (Lipinski definition) is 4. The van der Waals surface area contributed by atoms with Gasteiger partial charge in [0, 0.05) is 0 Å². The second-order valence-electron chi connectivity index (χ2n) is 2.14. The molecule has 0 aromatic carbocycles. The molecular formula is C8H10O4Zr+2. The Morgan fingerprint density at radius 1 is 0.923 bits per heavy atom. The van der Waals surface area contributed by atoms with Crippen LogP contribution in [0.2, 0.25) is 0 Å². The monoisotopic (exact) mass is 260 g/mol. The van der Waals surface area contributed by atoms with Crippen molar-refractivity contribution in [1.29, 1.82) is 0 Å². The average Bonchev–Trinajstić information content (AvgIpc) is 1.88. The van der Waals surface area contributed by atoms with Crippen LogP contribution in [0.3, 0.4) is 0 Å². The zero-order valence-corrected chi connectivity index (χ0v) is 10.0. The summed E-state index contributed by atoms with van der Waals surface area (Å²) in [7, 11) is 0. The van der Waals surface area contributed by atoms with E-state index in [1.807, 2.05) is 0 Å². The Morgan fingerprint density at radius 3 is 1.00 bits per heavy atom. The number of aliphatic carboxylic acids is 2. The summed E-state index contributed by atoms with van der Waals surface area (Å²) in [5.74, 6) is -2.37. The molecule has 5 heteroatoms. The van der Waals surface area contributed by atoms with E-state index in [1.165, 1.54) is 13.8 Å².